The maximum Gasteiger partial charge on any atom is 0.417 e. The molecule has 18 heavy (non-hydrogen) atoms. The largest absolute Gasteiger partial charge is 0.417 e. The van der Waals surface area contributed by atoms with Crippen LogP contribution in [0.15, 0.2) is 18.2 Å². The van der Waals surface area contributed by atoms with E-state index in [2.05, 4.69) is 12.2 Å². The molecule has 100 valence electrons. The highest BCUT2D eigenvalue weighted by Crippen LogP contribution is 2.34. The minimum atomic E-state index is -4.46. The highest BCUT2D eigenvalue weighted by Gasteiger charge is 2.34. The average Bonchev–Trinajstić information content (AvgIpc) is 2.29. The van der Waals surface area contributed by atoms with Gasteiger partial charge in [-0.3, -0.25) is 0 Å². The Labute approximate surface area is 110 Å². The second-order valence-corrected chi connectivity index (χ2v) is 4.20. The minimum Gasteiger partial charge on any atom is -0.389 e. The van der Waals surface area contributed by atoms with Gasteiger partial charge >= 0.3 is 6.18 Å². The van der Waals surface area contributed by atoms with Gasteiger partial charge < -0.3 is 10.6 Å². The molecule has 1 rings (SSSR count). The van der Waals surface area contributed by atoms with Crippen molar-refractivity contribution in [2.24, 2.45) is 5.73 Å². The lowest BCUT2D eigenvalue weighted by Crippen LogP contribution is -2.24. The summed E-state index contributed by atoms with van der Waals surface area (Å²) in [5.41, 5.74) is 4.93. The maximum absolute atomic E-state index is 12.9. The Bertz CT molecular complexity index is 439. The van der Waals surface area contributed by atoms with E-state index in [4.69, 9.17) is 5.73 Å². The predicted octanol–water partition coefficient (Wildman–Crippen LogP) is 3.19. The highest BCUT2D eigenvalue weighted by molar-refractivity contribution is 7.80. The molecule has 1 aromatic rings. The summed E-state index contributed by atoms with van der Waals surface area (Å²) >= 11 is 4.65. The molecule has 0 aliphatic carbocycles. The third-order valence-corrected chi connectivity index (χ3v) is 2.92. The zero-order chi connectivity index (χ0) is 13.9. The molecule has 0 atom stereocenters. The van der Waals surface area contributed by atoms with Gasteiger partial charge in [0.1, 0.15) is 4.99 Å². The first kappa shape index (κ1) is 14.8. The lowest BCUT2D eigenvalue weighted by atomic mass is 10.1. The van der Waals surface area contributed by atoms with E-state index in [1.54, 1.807) is 6.07 Å². The molecule has 0 bridgehead atoms. The molecule has 0 heterocycles. The lowest BCUT2D eigenvalue weighted by molar-refractivity contribution is -0.137. The smallest absolute Gasteiger partial charge is 0.389 e. The summed E-state index contributed by atoms with van der Waals surface area (Å²) in [5.74, 6) is 0. The van der Waals surface area contributed by atoms with Crippen molar-refractivity contribution < 1.29 is 13.2 Å². The van der Waals surface area contributed by atoms with E-state index in [1.165, 1.54) is 6.07 Å². The normalized spacial score (nSPS) is 11.4. The molecule has 0 saturated heterocycles. The van der Waals surface area contributed by atoms with Crippen molar-refractivity contribution >= 4 is 22.9 Å². The zero-order valence-corrected chi connectivity index (χ0v) is 11.0. The Hall–Kier alpha value is -1.30. The van der Waals surface area contributed by atoms with Crippen molar-refractivity contribution in [3.63, 3.8) is 0 Å². The molecule has 2 nitrogen and oxygen atoms in total. The SMILES string of the molecule is CCN(CC)c1ccc(C(N)=S)c(C(F)(F)F)c1. The van der Waals surface area contributed by atoms with Crippen LogP contribution in [0.5, 0.6) is 0 Å². The summed E-state index contributed by atoms with van der Waals surface area (Å²) < 4.78 is 38.8. The van der Waals surface area contributed by atoms with Crippen LogP contribution < -0.4 is 10.6 Å². The Balaban J connectivity index is 3.34. The van der Waals surface area contributed by atoms with Gasteiger partial charge in [-0.2, -0.15) is 13.2 Å². The van der Waals surface area contributed by atoms with Crippen LogP contribution in [0.3, 0.4) is 0 Å². The van der Waals surface area contributed by atoms with Crippen LogP contribution >= 0.6 is 12.2 Å². The van der Waals surface area contributed by atoms with Crippen LogP contribution in [0.25, 0.3) is 0 Å². The fourth-order valence-electron chi connectivity index (χ4n) is 1.77. The molecule has 0 fully saturated rings. The van der Waals surface area contributed by atoms with E-state index in [0.29, 0.717) is 18.8 Å². The van der Waals surface area contributed by atoms with E-state index >= 15 is 0 Å². The van der Waals surface area contributed by atoms with Crippen LogP contribution in [0.2, 0.25) is 0 Å². The van der Waals surface area contributed by atoms with Gasteiger partial charge in [-0.05, 0) is 32.0 Å². The summed E-state index contributed by atoms with van der Waals surface area (Å²) in [6, 6.07) is 4.04. The van der Waals surface area contributed by atoms with Crippen molar-refractivity contribution in [1.82, 2.24) is 0 Å². The maximum atomic E-state index is 12.9. The Kier molecular flexibility index (Phi) is 4.56. The summed E-state index contributed by atoms with van der Waals surface area (Å²) in [6.07, 6.45) is -4.46. The molecule has 0 aliphatic heterocycles. The molecule has 0 unspecified atom stereocenters. The zero-order valence-electron chi connectivity index (χ0n) is 10.2. The molecule has 0 aliphatic rings. The summed E-state index contributed by atoms with van der Waals surface area (Å²) in [4.78, 5) is 1.59. The standard InChI is InChI=1S/C12H15F3N2S/c1-3-17(4-2)8-5-6-9(11(16)18)10(7-8)12(13,14)15/h5-7H,3-4H2,1-2H3,(H2,16,18). The molecular weight excluding hydrogens is 261 g/mol. The highest BCUT2D eigenvalue weighted by atomic mass is 32.1. The Morgan fingerprint density at radius 1 is 1.28 bits per heavy atom. The summed E-state index contributed by atoms with van der Waals surface area (Å²) in [7, 11) is 0. The van der Waals surface area contributed by atoms with Gasteiger partial charge in [0.2, 0.25) is 0 Å². The molecule has 1 aromatic carbocycles. The van der Waals surface area contributed by atoms with E-state index in [9.17, 15) is 13.2 Å². The van der Waals surface area contributed by atoms with E-state index in [-0.39, 0.29) is 10.6 Å². The van der Waals surface area contributed by atoms with E-state index in [0.717, 1.165) is 6.07 Å². The number of nitrogens with zero attached hydrogens (tertiary/aromatic N) is 1. The number of alkyl halides is 3. The second kappa shape index (κ2) is 5.56. The van der Waals surface area contributed by atoms with Crippen LogP contribution in [0, 0.1) is 0 Å². The molecule has 0 spiro atoms. The number of hydrogen-bond acceptors (Lipinski definition) is 2. The van der Waals surface area contributed by atoms with Gasteiger partial charge in [0.25, 0.3) is 0 Å². The van der Waals surface area contributed by atoms with Crippen LogP contribution in [0.4, 0.5) is 18.9 Å². The first-order chi connectivity index (χ1) is 8.31. The lowest BCUT2D eigenvalue weighted by Gasteiger charge is -2.23. The fourth-order valence-corrected chi connectivity index (χ4v) is 1.95. The number of hydrogen-bond donors (Lipinski definition) is 1. The summed E-state index contributed by atoms with van der Waals surface area (Å²) in [5, 5.41) is 0. The Morgan fingerprint density at radius 2 is 1.83 bits per heavy atom. The monoisotopic (exact) mass is 276 g/mol. The fraction of sp³-hybridized carbons (Fsp3) is 0.417. The topological polar surface area (TPSA) is 29.3 Å². The number of rotatable bonds is 4. The quantitative estimate of drug-likeness (QED) is 0.856. The number of halogens is 3. The van der Waals surface area contributed by atoms with E-state index in [1.807, 2.05) is 18.7 Å². The third-order valence-electron chi connectivity index (χ3n) is 2.70. The van der Waals surface area contributed by atoms with Gasteiger partial charge in [-0.15, -0.1) is 0 Å². The van der Waals surface area contributed by atoms with Crippen LogP contribution in [0.1, 0.15) is 25.0 Å². The predicted molar refractivity (Wildman–Crippen MR) is 70.9 cm³/mol. The first-order valence-corrected chi connectivity index (χ1v) is 5.98. The van der Waals surface area contributed by atoms with Gasteiger partial charge in [0, 0.05) is 24.3 Å². The van der Waals surface area contributed by atoms with Crippen molar-refractivity contribution in [2.45, 2.75) is 20.0 Å². The molecule has 0 radical (unpaired) electrons. The summed E-state index contributed by atoms with van der Waals surface area (Å²) in [6.45, 7) is 5.05. The number of anilines is 1. The van der Waals surface area contributed by atoms with Gasteiger partial charge in [0.05, 0.1) is 5.56 Å². The Morgan fingerprint density at radius 3 is 2.22 bits per heavy atom. The van der Waals surface area contributed by atoms with Crippen molar-refractivity contribution in [3.05, 3.63) is 29.3 Å². The molecule has 0 amide bonds. The van der Waals surface area contributed by atoms with E-state index < -0.39 is 11.7 Å². The van der Waals surface area contributed by atoms with Crippen LogP contribution in [-0.4, -0.2) is 18.1 Å². The molecule has 6 heteroatoms. The number of nitrogens with two attached hydrogens (primary N) is 1. The van der Waals surface area contributed by atoms with Gasteiger partial charge in [0.15, 0.2) is 0 Å². The second-order valence-electron chi connectivity index (χ2n) is 3.76. The number of benzene rings is 1. The molecular formula is C12H15F3N2S. The van der Waals surface area contributed by atoms with Crippen molar-refractivity contribution in [3.8, 4) is 0 Å². The van der Waals surface area contributed by atoms with Crippen LogP contribution in [-0.2, 0) is 6.18 Å². The third kappa shape index (κ3) is 3.13. The van der Waals surface area contributed by atoms with Crippen molar-refractivity contribution in [1.29, 1.82) is 0 Å². The molecule has 0 aromatic heterocycles. The molecule has 0 saturated carbocycles. The first-order valence-electron chi connectivity index (χ1n) is 5.57. The average molecular weight is 276 g/mol. The minimum absolute atomic E-state index is 0.131. The van der Waals surface area contributed by atoms with Gasteiger partial charge in [-0.25, -0.2) is 0 Å². The van der Waals surface area contributed by atoms with Gasteiger partial charge in [-0.1, -0.05) is 12.2 Å². The van der Waals surface area contributed by atoms with Crippen molar-refractivity contribution in [2.75, 3.05) is 18.0 Å². The number of thiocarbonyl (C=S) groups is 1. The molecule has 2 N–H and O–H groups in total.